The summed E-state index contributed by atoms with van der Waals surface area (Å²) >= 11 is 5.83. The van der Waals surface area contributed by atoms with Crippen LogP contribution in [0.15, 0.2) is 23.1 Å². The van der Waals surface area contributed by atoms with E-state index in [2.05, 4.69) is 4.72 Å². The average Bonchev–Trinajstić information content (AvgIpc) is 2.27. The molecule has 0 spiro atoms. The van der Waals surface area contributed by atoms with E-state index in [4.69, 9.17) is 22.0 Å². The van der Waals surface area contributed by atoms with Gasteiger partial charge >= 0.3 is 0 Å². The van der Waals surface area contributed by atoms with Crippen molar-refractivity contribution >= 4 is 21.6 Å². The second-order valence-electron chi connectivity index (χ2n) is 4.40. The average molecular weight is 289 g/mol. The molecule has 0 bridgehead atoms. The minimum absolute atomic E-state index is 0.0321. The van der Waals surface area contributed by atoms with Crippen LogP contribution in [0.25, 0.3) is 0 Å². The third kappa shape index (κ3) is 3.43. The van der Waals surface area contributed by atoms with E-state index in [0.717, 1.165) is 0 Å². The third-order valence-electron chi connectivity index (χ3n) is 2.16. The van der Waals surface area contributed by atoms with E-state index >= 15 is 0 Å². The molecule has 1 rings (SSSR count). The molecule has 0 heterocycles. The number of hydrogen-bond donors (Lipinski definition) is 2. The predicted octanol–water partition coefficient (Wildman–Crippen LogP) is 1.26. The number of aliphatic hydroxyl groups is 1. The van der Waals surface area contributed by atoms with Gasteiger partial charge in [0.2, 0.25) is 10.0 Å². The van der Waals surface area contributed by atoms with Crippen LogP contribution in [0, 0.1) is 11.3 Å². The molecule has 0 atom stereocenters. The molecule has 0 saturated carbocycles. The summed E-state index contributed by atoms with van der Waals surface area (Å²) in [5.41, 5.74) is -0.712. The summed E-state index contributed by atoms with van der Waals surface area (Å²) in [5, 5.41) is 17.7. The van der Waals surface area contributed by atoms with Gasteiger partial charge in [-0.15, -0.1) is 0 Å². The molecule has 0 fully saturated rings. The van der Waals surface area contributed by atoms with E-state index in [1.165, 1.54) is 18.2 Å². The van der Waals surface area contributed by atoms with Crippen molar-refractivity contribution in [1.29, 1.82) is 5.26 Å². The first-order valence-electron chi connectivity index (χ1n) is 5.06. The molecular formula is C11H13ClN2O3S. The SMILES string of the molecule is CC(C)(CO)NS(=O)(=O)c1ccc(C#N)cc1Cl. The molecule has 98 valence electrons. The number of rotatable bonds is 4. The fourth-order valence-corrected chi connectivity index (χ4v) is 3.19. The Morgan fingerprint density at radius 1 is 1.50 bits per heavy atom. The predicted molar refractivity (Wildman–Crippen MR) is 67.7 cm³/mol. The molecule has 0 aromatic heterocycles. The lowest BCUT2D eigenvalue weighted by Gasteiger charge is -2.23. The Kier molecular flexibility index (Phi) is 4.35. The highest BCUT2D eigenvalue weighted by atomic mass is 35.5. The van der Waals surface area contributed by atoms with Gasteiger partial charge in [0.25, 0.3) is 0 Å². The Balaban J connectivity index is 3.19. The van der Waals surface area contributed by atoms with E-state index in [0.29, 0.717) is 0 Å². The maximum absolute atomic E-state index is 12.0. The number of halogens is 1. The summed E-state index contributed by atoms with van der Waals surface area (Å²) in [4.78, 5) is -0.121. The lowest BCUT2D eigenvalue weighted by molar-refractivity contribution is 0.208. The van der Waals surface area contributed by atoms with Crippen molar-refractivity contribution in [3.63, 3.8) is 0 Å². The van der Waals surface area contributed by atoms with Crippen LogP contribution in [0.1, 0.15) is 19.4 Å². The van der Waals surface area contributed by atoms with Crippen LogP contribution in [0.4, 0.5) is 0 Å². The van der Waals surface area contributed by atoms with Gasteiger partial charge in [0.05, 0.1) is 28.8 Å². The Hall–Kier alpha value is -1.13. The molecule has 1 aromatic carbocycles. The summed E-state index contributed by atoms with van der Waals surface area (Å²) in [6.45, 7) is 2.74. The van der Waals surface area contributed by atoms with E-state index in [1.54, 1.807) is 13.8 Å². The number of aliphatic hydroxyl groups excluding tert-OH is 1. The normalized spacial score (nSPS) is 12.2. The second kappa shape index (κ2) is 5.24. The quantitative estimate of drug-likeness (QED) is 0.873. The molecule has 5 nitrogen and oxygen atoms in total. The van der Waals surface area contributed by atoms with Crippen LogP contribution in [-0.2, 0) is 10.0 Å². The van der Waals surface area contributed by atoms with Gasteiger partial charge in [-0.25, -0.2) is 13.1 Å². The standard InChI is InChI=1S/C11H13ClN2O3S/c1-11(2,7-15)14-18(16,17)10-4-3-8(6-13)5-9(10)12/h3-5,14-15H,7H2,1-2H3. The minimum atomic E-state index is -3.84. The van der Waals surface area contributed by atoms with E-state index in [9.17, 15) is 8.42 Å². The highest BCUT2D eigenvalue weighted by Crippen LogP contribution is 2.23. The van der Waals surface area contributed by atoms with Gasteiger partial charge in [0, 0.05) is 0 Å². The first-order chi connectivity index (χ1) is 8.22. The van der Waals surface area contributed by atoms with Crippen molar-refractivity contribution in [2.24, 2.45) is 0 Å². The van der Waals surface area contributed by atoms with E-state index < -0.39 is 15.6 Å². The lowest BCUT2D eigenvalue weighted by Crippen LogP contribution is -2.46. The Labute approximate surface area is 111 Å². The first kappa shape index (κ1) is 14.9. The smallest absolute Gasteiger partial charge is 0.242 e. The molecule has 0 radical (unpaired) electrons. The maximum atomic E-state index is 12.0. The van der Waals surface area contributed by atoms with Crippen LogP contribution in [0.3, 0.4) is 0 Å². The molecule has 0 aliphatic rings. The van der Waals surface area contributed by atoms with E-state index in [-0.39, 0.29) is 22.1 Å². The van der Waals surface area contributed by atoms with Crippen LogP contribution in [0.5, 0.6) is 0 Å². The Morgan fingerprint density at radius 3 is 2.56 bits per heavy atom. The summed E-state index contributed by atoms with van der Waals surface area (Å²) in [6.07, 6.45) is 0. The van der Waals surface area contributed by atoms with Gasteiger partial charge in [0.15, 0.2) is 0 Å². The number of nitriles is 1. The van der Waals surface area contributed by atoms with Gasteiger partial charge in [-0.3, -0.25) is 0 Å². The number of nitrogens with one attached hydrogen (secondary N) is 1. The molecule has 0 saturated heterocycles. The van der Waals surface area contributed by atoms with Crippen molar-refractivity contribution in [3.8, 4) is 6.07 Å². The molecule has 0 amide bonds. The first-order valence-corrected chi connectivity index (χ1v) is 6.92. The summed E-state index contributed by atoms with van der Waals surface area (Å²) < 4.78 is 26.4. The number of sulfonamides is 1. The summed E-state index contributed by atoms with van der Waals surface area (Å²) in [5.74, 6) is 0. The number of nitrogens with zero attached hydrogens (tertiary/aromatic N) is 1. The zero-order valence-electron chi connectivity index (χ0n) is 9.94. The molecular weight excluding hydrogens is 276 g/mol. The molecule has 18 heavy (non-hydrogen) atoms. The van der Waals surface area contributed by atoms with Gasteiger partial charge < -0.3 is 5.11 Å². The summed E-state index contributed by atoms with van der Waals surface area (Å²) in [7, 11) is -3.84. The zero-order valence-corrected chi connectivity index (χ0v) is 11.5. The molecule has 7 heteroatoms. The molecule has 0 unspecified atom stereocenters. The fraction of sp³-hybridized carbons (Fsp3) is 0.364. The van der Waals surface area contributed by atoms with E-state index in [1.807, 2.05) is 6.07 Å². The zero-order chi connectivity index (χ0) is 14.0. The lowest BCUT2D eigenvalue weighted by atomic mass is 10.1. The topological polar surface area (TPSA) is 90.2 Å². The highest BCUT2D eigenvalue weighted by Gasteiger charge is 2.27. The van der Waals surface area contributed by atoms with Gasteiger partial charge in [-0.05, 0) is 32.0 Å². The highest BCUT2D eigenvalue weighted by molar-refractivity contribution is 7.89. The minimum Gasteiger partial charge on any atom is -0.394 e. The molecule has 2 N–H and O–H groups in total. The molecule has 1 aromatic rings. The van der Waals surface area contributed by atoms with Gasteiger partial charge in [-0.2, -0.15) is 5.26 Å². The van der Waals surface area contributed by atoms with Crippen molar-refractivity contribution in [2.45, 2.75) is 24.3 Å². The molecule has 0 aliphatic heterocycles. The van der Waals surface area contributed by atoms with Gasteiger partial charge in [0.1, 0.15) is 4.90 Å². The van der Waals surface area contributed by atoms with Crippen LogP contribution >= 0.6 is 11.6 Å². The van der Waals surface area contributed by atoms with Crippen molar-refractivity contribution in [3.05, 3.63) is 28.8 Å². The van der Waals surface area contributed by atoms with Crippen LogP contribution in [-0.4, -0.2) is 25.7 Å². The Bertz CT molecular complexity index is 591. The third-order valence-corrected chi connectivity index (χ3v) is 4.34. The largest absolute Gasteiger partial charge is 0.394 e. The number of benzene rings is 1. The van der Waals surface area contributed by atoms with Crippen molar-refractivity contribution in [2.75, 3.05) is 6.61 Å². The monoisotopic (exact) mass is 288 g/mol. The fourth-order valence-electron chi connectivity index (χ4n) is 1.24. The van der Waals surface area contributed by atoms with Gasteiger partial charge in [-0.1, -0.05) is 11.6 Å². The molecule has 0 aliphatic carbocycles. The van der Waals surface area contributed by atoms with Crippen LogP contribution in [0.2, 0.25) is 5.02 Å². The van der Waals surface area contributed by atoms with Crippen molar-refractivity contribution < 1.29 is 13.5 Å². The summed E-state index contributed by atoms with van der Waals surface area (Å²) in [6, 6.07) is 5.77. The van der Waals surface area contributed by atoms with Crippen LogP contribution < -0.4 is 4.72 Å². The Morgan fingerprint density at radius 2 is 2.11 bits per heavy atom. The maximum Gasteiger partial charge on any atom is 0.242 e. The second-order valence-corrected chi connectivity index (χ2v) is 6.46. The number of hydrogen-bond acceptors (Lipinski definition) is 4. The van der Waals surface area contributed by atoms with Crippen molar-refractivity contribution in [1.82, 2.24) is 4.72 Å².